The van der Waals surface area contributed by atoms with Gasteiger partial charge in [-0.2, -0.15) is 0 Å². The van der Waals surface area contributed by atoms with Gasteiger partial charge < -0.3 is 20.9 Å². The number of aliphatic imine (C=N–C) groups is 1. The number of nitrogens with zero attached hydrogens (tertiary/aromatic N) is 1. The standard InChI is InChI=1S/C29H37N3O4.ClH/c30-29(31)32-18-20-6-8-25(9-7-20)28(34)36-26-16-14-23(15-17-26)22-10-12-24(13-11-22)27(33)35-19-21-4-2-1-3-5-21;/h10-17,20-21,25H,1-9,18-19H2,(H4,30,31,32);1H. The highest BCUT2D eigenvalue weighted by Gasteiger charge is 2.27. The quantitative estimate of drug-likeness (QED) is 0.203. The molecule has 2 aliphatic carbocycles. The summed E-state index contributed by atoms with van der Waals surface area (Å²) in [6.45, 7) is 1.13. The van der Waals surface area contributed by atoms with Crippen LogP contribution < -0.4 is 16.2 Å². The molecule has 7 nitrogen and oxygen atoms in total. The van der Waals surface area contributed by atoms with E-state index in [-0.39, 0.29) is 36.2 Å². The van der Waals surface area contributed by atoms with Crippen molar-refractivity contribution in [2.45, 2.75) is 57.8 Å². The van der Waals surface area contributed by atoms with Crippen LogP contribution in [0.15, 0.2) is 53.5 Å². The monoisotopic (exact) mass is 527 g/mol. The summed E-state index contributed by atoms with van der Waals surface area (Å²) in [5.74, 6) is 1.03. The Balaban J connectivity index is 0.00000380. The van der Waals surface area contributed by atoms with Crippen LogP contribution in [0, 0.1) is 17.8 Å². The Morgan fingerprint density at radius 3 is 1.97 bits per heavy atom. The third kappa shape index (κ3) is 8.49. The normalized spacial score (nSPS) is 19.8. The zero-order valence-electron chi connectivity index (χ0n) is 21.3. The molecule has 2 aliphatic rings. The summed E-state index contributed by atoms with van der Waals surface area (Å²) in [4.78, 5) is 29.1. The number of hydrogen-bond donors (Lipinski definition) is 2. The summed E-state index contributed by atoms with van der Waals surface area (Å²) in [7, 11) is 0. The molecule has 2 aromatic rings. The summed E-state index contributed by atoms with van der Waals surface area (Å²) in [5, 5.41) is 0. The number of benzene rings is 2. The van der Waals surface area contributed by atoms with Gasteiger partial charge in [0.25, 0.3) is 0 Å². The maximum atomic E-state index is 12.6. The van der Waals surface area contributed by atoms with E-state index in [1.165, 1.54) is 19.3 Å². The molecule has 0 aliphatic heterocycles. The Morgan fingerprint density at radius 1 is 0.784 bits per heavy atom. The van der Waals surface area contributed by atoms with Crippen molar-refractivity contribution in [3.8, 4) is 16.9 Å². The Labute approximate surface area is 225 Å². The Kier molecular flexibility index (Phi) is 10.8. The molecule has 2 saturated carbocycles. The van der Waals surface area contributed by atoms with Crippen molar-refractivity contribution in [1.29, 1.82) is 0 Å². The van der Waals surface area contributed by atoms with E-state index in [2.05, 4.69) is 4.99 Å². The molecule has 2 fully saturated rings. The first-order valence-electron chi connectivity index (χ1n) is 13.1. The fraction of sp³-hybridized carbons (Fsp3) is 0.483. The summed E-state index contributed by atoms with van der Waals surface area (Å²) in [5.41, 5.74) is 13.3. The van der Waals surface area contributed by atoms with E-state index in [0.29, 0.717) is 36.3 Å². The number of guanidine groups is 1. The lowest BCUT2D eigenvalue weighted by Gasteiger charge is -2.26. The zero-order valence-corrected chi connectivity index (χ0v) is 22.1. The molecule has 0 radical (unpaired) electrons. The number of carbonyl (C=O) groups excluding carboxylic acids is 2. The highest BCUT2D eigenvalue weighted by atomic mass is 35.5. The van der Waals surface area contributed by atoms with E-state index in [0.717, 1.165) is 49.7 Å². The van der Waals surface area contributed by atoms with Crippen molar-refractivity contribution < 1.29 is 19.1 Å². The first-order chi connectivity index (χ1) is 17.5. The number of carbonyl (C=O) groups is 2. The van der Waals surface area contributed by atoms with E-state index in [9.17, 15) is 9.59 Å². The minimum absolute atomic E-state index is 0. The fourth-order valence-corrected chi connectivity index (χ4v) is 5.16. The second-order valence-electron chi connectivity index (χ2n) is 10.1. The molecule has 4 rings (SSSR count). The fourth-order valence-electron chi connectivity index (χ4n) is 5.16. The third-order valence-corrected chi connectivity index (χ3v) is 7.41. The third-order valence-electron chi connectivity index (χ3n) is 7.41. The maximum absolute atomic E-state index is 12.6. The van der Waals surface area contributed by atoms with E-state index in [4.69, 9.17) is 20.9 Å². The van der Waals surface area contributed by atoms with Crippen LogP contribution in [-0.4, -0.2) is 31.0 Å². The number of halogens is 1. The van der Waals surface area contributed by atoms with Gasteiger partial charge in [0.1, 0.15) is 5.75 Å². The number of nitrogens with two attached hydrogens (primary N) is 2. The SMILES string of the molecule is Cl.NC(N)=NCC1CCC(C(=O)Oc2ccc(-c3ccc(C(=O)OCC4CCCCC4)cc3)cc2)CC1. The predicted octanol–water partition coefficient (Wildman–Crippen LogP) is 5.50. The molecule has 0 unspecified atom stereocenters. The molecule has 200 valence electrons. The molecule has 0 bridgehead atoms. The van der Waals surface area contributed by atoms with Crippen molar-refractivity contribution in [1.82, 2.24) is 0 Å². The van der Waals surface area contributed by atoms with Gasteiger partial charge in [-0.25, -0.2) is 4.79 Å². The van der Waals surface area contributed by atoms with Crippen LogP contribution in [0.25, 0.3) is 11.1 Å². The zero-order chi connectivity index (χ0) is 25.3. The van der Waals surface area contributed by atoms with Crippen molar-refractivity contribution >= 4 is 30.3 Å². The number of hydrogen-bond acceptors (Lipinski definition) is 5. The first kappa shape index (κ1) is 28.5. The van der Waals surface area contributed by atoms with Gasteiger partial charge in [-0.05, 0) is 85.8 Å². The van der Waals surface area contributed by atoms with Crippen molar-refractivity contribution in [2.24, 2.45) is 34.2 Å². The van der Waals surface area contributed by atoms with E-state index in [1.807, 2.05) is 36.4 Å². The largest absolute Gasteiger partial charge is 0.462 e. The summed E-state index contributed by atoms with van der Waals surface area (Å²) < 4.78 is 11.2. The second-order valence-corrected chi connectivity index (χ2v) is 10.1. The van der Waals surface area contributed by atoms with Crippen LogP contribution >= 0.6 is 12.4 Å². The average Bonchev–Trinajstić information content (AvgIpc) is 2.92. The van der Waals surface area contributed by atoms with Crippen LogP contribution in [0.1, 0.15) is 68.1 Å². The Hall–Kier alpha value is -3.06. The number of esters is 2. The van der Waals surface area contributed by atoms with Gasteiger partial charge in [-0.3, -0.25) is 9.79 Å². The molecular formula is C29H38ClN3O4. The van der Waals surface area contributed by atoms with E-state index >= 15 is 0 Å². The van der Waals surface area contributed by atoms with Crippen LogP contribution in [-0.2, 0) is 9.53 Å². The van der Waals surface area contributed by atoms with Crippen LogP contribution in [0.5, 0.6) is 5.75 Å². The lowest BCUT2D eigenvalue weighted by molar-refractivity contribution is -0.140. The average molecular weight is 528 g/mol. The van der Waals surface area contributed by atoms with Crippen LogP contribution in [0.3, 0.4) is 0 Å². The van der Waals surface area contributed by atoms with Crippen LogP contribution in [0.2, 0.25) is 0 Å². The minimum atomic E-state index is -0.264. The van der Waals surface area contributed by atoms with Gasteiger partial charge in [-0.1, -0.05) is 43.5 Å². The molecule has 8 heteroatoms. The molecule has 0 amide bonds. The van der Waals surface area contributed by atoms with E-state index < -0.39 is 0 Å². The lowest BCUT2D eigenvalue weighted by Crippen LogP contribution is -2.28. The Bertz CT molecular complexity index is 1040. The predicted molar refractivity (Wildman–Crippen MR) is 148 cm³/mol. The summed E-state index contributed by atoms with van der Waals surface area (Å²) in [6, 6.07) is 14.9. The molecule has 0 saturated heterocycles. The summed E-state index contributed by atoms with van der Waals surface area (Å²) >= 11 is 0. The lowest BCUT2D eigenvalue weighted by atomic mass is 9.82. The van der Waals surface area contributed by atoms with Gasteiger partial charge in [0.2, 0.25) is 0 Å². The van der Waals surface area contributed by atoms with Crippen molar-refractivity contribution in [2.75, 3.05) is 13.2 Å². The van der Waals surface area contributed by atoms with E-state index in [1.54, 1.807) is 12.1 Å². The van der Waals surface area contributed by atoms with Crippen molar-refractivity contribution in [3.05, 3.63) is 54.1 Å². The molecule has 0 heterocycles. The number of ether oxygens (including phenoxy) is 2. The van der Waals surface area contributed by atoms with Gasteiger partial charge in [-0.15, -0.1) is 12.4 Å². The summed E-state index contributed by atoms with van der Waals surface area (Å²) in [6.07, 6.45) is 9.47. The molecule has 2 aromatic carbocycles. The van der Waals surface area contributed by atoms with Crippen LogP contribution in [0.4, 0.5) is 0 Å². The second kappa shape index (κ2) is 14.0. The van der Waals surface area contributed by atoms with Gasteiger partial charge in [0, 0.05) is 6.54 Å². The molecule has 4 N–H and O–H groups in total. The maximum Gasteiger partial charge on any atom is 0.338 e. The van der Waals surface area contributed by atoms with Gasteiger partial charge >= 0.3 is 11.9 Å². The van der Waals surface area contributed by atoms with Gasteiger partial charge in [0.05, 0.1) is 18.1 Å². The molecule has 37 heavy (non-hydrogen) atoms. The smallest absolute Gasteiger partial charge is 0.338 e. The highest BCUT2D eigenvalue weighted by Crippen LogP contribution is 2.31. The molecular weight excluding hydrogens is 490 g/mol. The van der Waals surface area contributed by atoms with Gasteiger partial charge in [0.15, 0.2) is 5.96 Å². The molecule has 0 spiro atoms. The van der Waals surface area contributed by atoms with Crippen molar-refractivity contribution in [3.63, 3.8) is 0 Å². The molecule has 0 atom stereocenters. The Morgan fingerprint density at radius 2 is 1.38 bits per heavy atom. The minimum Gasteiger partial charge on any atom is -0.462 e. The first-order valence-corrected chi connectivity index (χ1v) is 13.1. The highest BCUT2D eigenvalue weighted by molar-refractivity contribution is 5.90. The number of rotatable bonds is 8. The topological polar surface area (TPSA) is 117 Å². The molecule has 0 aromatic heterocycles.